The molecule has 2 aromatic carbocycles. The number of hydrogen-bond donors (Lipinski definition) is 0. The minimum atomic E-state index is -0.386. The number of benzene rings is 2. The summed E-state index contributed by atoms with van der Waals surface area (Å²) in [6, 6.07) is 17.2. The van der Waals surface area contributed by atoms with Gasteiger partial charge in [0.05, 0.1) is 11.1 Å². The lowest BCUT2D eigenvalue weighted by atomic mass is 10.0. The van der Waals surface area contributed by atoms with E-state index in [4.69, 9.17) is 23.2 Å². The summed E-state index contributed by atoms with van der Waals surface area (Å²) in [5.41, 5.74) is 3.31. The Bertz CT molecular complexity index is 922. The molecule has 1 aromatic heterocycles. The van der Waals surface area contributed by atoms with Gasteiger partial charge in [-0.3, -0.25) is 4.90 Å². The molecule has 0 unspecified atom stereocenters. The van der Waals surface area contributed by atoms with Gasteiger partial charge in [-0.05, 0) is 47.9 Å². The fourth-order valence-electron chi connectivity index (χ4n) is 3.74. The molecular weight excluding hydrogens is 370 g/mol. The Morgan fingerprint density at radius 3 is 2.62 bits per heavy atom. The largest absolute Gasteiger partial charge is 0.350 e. The van der Waals surface area contributed by atoms with Gasteiger partial charge < -0.3 is 4.57 Å². The van der Waals surface area contributed by atoms with Crippen LogP contribution in [0.3, 0.4) is 0 Å². The number of hydrogen-bond acceptors (Lipinski definition) is 1. The van der Waals surface area contributed by atoms with Gasteiger partial charge in [0.2, 0.25) is 0 Å². The molecule has 3 aromatic rings. The van der Waals surface area contributed by atoms with Crippen molar-refractivity contribution in [3.05, 3.63) is 93.5 Å². The zero-order valence-corrected chi connectivity index (χ0v) is 15.7. The van der Waals surface area contributed by atoms with Crippen LogP contribution in [0.1, 0.15) is 29.3 Å². The molecule has 1 aliphatic rings. The third-order valence-corrected chi connectivity index (χ3v) is 5.56. The first-order valence-corrected chi connectivity index (χ1v) is 9.46. The van der Waals surface area contributed by atoms with Crippen molar-refractivity contribution in [2.45, 2.75) is 25.6 Å². The zero-order chi connectivity index (χ0) is 18.1. The number of aryl methyl sites for hydroxylation is 1. The highest BCUT2D eigenvalue weighted by Gasteiger charge is 2.28. The maximum atomic E-state index is 13.5. The van der Waals surface area contributed by atoms with Crippen LogP contribution in [0, 0.1) is 5.82 Å². The van der Waals surface area contributed by atoms with Gasteiger partial charge in [-0.2, -0.15) is 0 Å². The summed E-state index contributed by atoms with van der Waals surface area (Å²) < 4.78 is 15.8. The van der Waals surface area contributed by atoms with Crippen molar-refractivity contribution in [2.24, 2.45) is 0 Å². The van der Waals surface area contributed by atoms with Gasteiger partial charge in [0.15, 0.2) is 0 Å². The second kappa shape index (κ2) is 7.43. The molecule has 0 saturated heterocycles. The Morgan fingerprint density at radius 2 is 1.81 bits per heavy atom. The maximum absolute atomic E-state index is 13.5. The van der Waals surface area contributed by atoms with Gasteiger partial charge in [-0.25, -0.2) is 4.39 Å². The zero-order valence-electron chi connectivity index (χ0n) is 14.2. The fraction of sp³-hybridized carbons (Fsp3) is 0.238. The van der Waals surface area contributed by atoms with E-state index in [0.29, 0.717) is 6.54 Å². The van der Waals surface area contributed by atoms with E-state index in [9.17, 15) is 4.39 Å². The number of halogens is 3. The molecule has 4 rings (SSSR count). The monoisotopic (exact) mass is 388 g/mol. The summed E-state index contributed by atoms with van der Waals surface area (Å²) in [5.74, 6) is -0.386. The second-order valence-electron chi connectivity index (χ2n) is 6.62. The summed E-state index contributed by atoms with van der Waals surface area (Å²) in [5, 5.41) is 0.921. The maximum Gasteiger partial charge on any atom is 0.141 e. The van der Waals surface area contributed by atoms with Crippen molar-refractivity contribution in [3.8, 4) is 0 Å². The number of fused-ring (bicyclic) bond motifs is 1. The van der Waals surface area contributed by atoms with Crippen molar-refractivity contribution < 1.29 is 4.39 Å². The quantitative estimate of drug-likeness (QED) is 0.539. The first kappa shape index (κ1) is 17.6. The average Bonchev–Trinajstić information content (AvgIpc) is 3.01. The second-order valence-corrected chi connectivity index (χ2v) is 7.44. The highest BCUT2D eigenvalue weighted by molar-refractivity contribution is 6.31. The first-order valence-electron chi connectivity index (χ1n) is 8.71. The topological polar surface area (TPSA) is 8.17 Å². The van der Waals surface area contributed by atoms with Crippen LogP contribution in [0.5, 0.6) is 0 Å². The minimum Gasteiger partial charge on any atom is -0.350 e. The van der Waals surface area contributed by atoms with Crippen LogP contribution in [0.15, 0.2) is 60.8 Å². The molecule has 134 valence electrons. The van der Waals surface area contributed by atoms with Crippen molar-refractivity contribution in [2.75, 3.05) is 6.54 Å². The standard InChI is InChI=1S/C21H19Cl2FN2/c22-17-6-2-1-5-16(17)21-20-7-3-10-25(20)11-4-12-26(21)14-15-8-9-19(24)18(23)13-15/h1-3,5-10,13,21H,4,11-12,14H2/t21-/m0/s1. The summed E-state index contributed by atoms with van der Waals surface area (Å²) in [7, 11) is 0. The Hall–Kier alpha value is -1.81. The van der Waals surface area contributed by atoms with Crippen LogP contribution in [-0.2, 0) is 13.1 Å². The van der Waals surface area contributed by atoms with Gasteiger partial charge in [0, 0.05) is 36.5 Å². The molecule has 26 heavy (non-hydrogen) atoms. The molecule has 1 aliphatic heterocycles. The summed E-state index contributed by atoms with van der Waals surface area (Å²) in [4.78, 5) is 2.39. The molecule has 0 saturated carbocycles. The third-order valence-electron chi connectivity index (χ3n) is 4.92. The van der Waals surface area contributed by atoms with Crippen LogP contribution in [0.2, 0.25) is 10.0 Å². The van der Waals surface area contributed by atoms with Crippen LogP contribution >= 0.6 is 23.2 Å². The summed E-state index contributed by atoms with van der Waals surface area (Å²) in [6.07, 6.45) is 3.16. The molecule has 1 atom stereocenters. The molecule has 0 aliphatic carbocycles. The van der Waals surface area contributed by atoms with Crippen molar-refractivity contribution in [1.29, 1.82) is 0 Å². The highest BCUT2D eigenvalue weighted by Crippen LogP contribution is 2.36. The molecule has 0 bridgehead atoms. The Balaban J connectivity index is 1.76. The summed E-state index contributed by atoms with van der Waals surface area (Å²) in [6.45, 7) is 2.58. The van der Waals surface area contributed by atoms with Gasteiger partial charge >= 0.3 is 0 Å². The SMILES string of the molecule is Fc1ccc(CN2CCCn3cccc3[C@@H]2c2ccccc2Cl)cc1Cl. The van der Waals surface area contributed by atoms with Crippen molar-refractivity contribution >= 4 is 23.2 Å². The van der Waals surface area contributed by atoms with E-state index in [1.165, 1.54) is 11.8 Å². The smallest absolute Gasteiger partial charge is 0.141 e. The normalized spacial score (nSPS) is 17.7. The van der Waals surface area contributed by atoms with Gasteiger partial charge in [-0.1, -0.05) is 47.5 Å². The summed E-state index contributed by atoms with van der Waals surface area (Å²) >= 11 is 12.5. The first-order chi connectivity index (χ1) is 12.6. The molecule has 0 amide bonds. The lowest BCUT2D eigenvalue weighted by Gasteiger charge is -2.31. The molecule has 0 fully saturated rings. The van der Waals surface area contributed by atoms with E-state index >= 15 is 0 Å². The van der Waals surface area contributed by atoms with Crippen LogP contribution in [0.25, 0.3) is 0 Å². The van der Waals surface area contributed by atoms with Gasteiger partial charge in [0.25, 0.3) is 0 Å². The molecule has 0 N–H and O–H groups in total. The molecule has 2 heterocycles. The Morgan fingerprint density at radius 1 is 0.962 bits per heavy atom. The molecule has 2 nitrogen and oxygen atoms in total. The number of rotatable bonds is 3. The van der Waals surface area contributed by atoms with E-state index in [2.05, 4.69) is 33.9 Å². The van der Waals surface area contributed by atoms with Crippen molar-refractivity contribution in [3.63, 3.8) is 0 Å². The van der Waals surface area contributed by atoms with Crippen LogP contribution in [0.4, 0.5) is 4.39 Å². The third kappa shape index (κ3) is 3.39. The van der Waals surface area contributed by atoms with E-state index < -0.39 is 0 Å². The molecule has 0 spiro atoms. The molecular formula is C21H19Cl2FN2. The minimum absolute atomic E-state index is 0.0463. The average molecular weight is 389 g/mol. The lowest BCUT2D eigenvalue weighted by Crippen LogP contribution is -2.29. The van der Waals surface area contributed by atoms with Crippen LogP contribution < -0.4 is 0 Å². The highest BCUT2D eigenvalue weighted by atomic mass is 35.5. The van der Waals surface area contributed by atoms with E-state index in [1.807, 2.05) is 18.2 Å². The van der Waals surface area contributed by atoms with E-state index in [0.717, 1.165) is 35.7 Å². The fourth-order valence-corrected chi connectivity index (χ4v) is 4.18. The predicted octanol–water partition coefficient (Wildman–Crippen LogP) is 5.93. The Kier molecular flexibility index (Phi) is 5.03. The van der Waals surface area contributed by atoms with Crippen molar-refractivity contribution in [1.82, 2.24) is 9.47 Å². The van der Waals surface area contributed by atoms with Gasteiger partial charge in [0.1, 0.15) is 5.82 Å². The number of nitrogens with zero attached hydrogens (tertiary/aromatic N) is 2. The van der Waals surface area contributed by atoms with E-state index in [1.54, 1.807) is 12.1 Å². The lowest BCUT2D eigenvalue weighted by molar-refractivity contribution is 0.220. The molecule has 0 radical (unpaired) electrons. The molecule has 5 heteroatoms. The Labute approximate surface area is 162 Å². The van der Waals surface area contributed by atoms with Gasteiger partial charge in [-0.15, -0.1) is 0 Å². The van der Waals surface area contributed by atoms with Crippen LogP contribution in [-0.4, -0.2) is 16.0 Å². The van der Waals surface area contributed by atoms with E-state index in [-0.39, 0.29) is 16.9 Å². The predicted molar refractivity (Wildman–Crippen MR) is 104 cm³/mol. The number of aromatic nitrogens is 1.